The van der Waals surface area contributed by atoms with E-state index in [-0.39, 0.29) is 11.9 Å². The van der Waals surface area contributed by atoms with E-state index in [1.165, 1.54) is 0 Å². The number of hydrogen-bond acceptors (Lipinski definition) is 4. The van der Waals surface area contributed by atoms with Gasteiger partial charge in [-0.3, -0.25) is 9.78 Å². The van der Waals surface area contributed by atoms with Crippen LogP contribution in [0.15, 0.2) is 54.7 Å². The smallest absolute Gasteiger partial charge is 0.273 e. The first-order valence-electron chi connectivity index (χ1n) is 10.8. The van der Waals surface area contributed by atoms with Crippen LogP contribution in [0.2, 0.25) is 5.02 Å². The molecule has 4 aromatic rings. The monoisotopic (exact) mass is 445 g/mol. The van der Waals surface area contributed by atoms with E-state index in [4.69, 9.17) is 16.6 Å². The second-order valence-electron chi connectivity index (χ2n) is 8.35. The van der Waals surface area contributed by atoms with Gasteiger partial charge < -0.3 is 4.90 Å². The number of pyridine rings is 1. The minimum atomic E-state index is -0.0634. The van der Waals surface area contributed by atoms with E-state index in [9.17, 15) is 4.79 Å². The Hall–Kier alpha value is -3.25. The molecule has 1 unspecified atom stereocenters. The summed E-state index contributed by atoms with van der Waals surface area (Å²) in [5.74, 6) is -0.0392. The number of likely N-dealkylation sites (tertiary alicyclic amines) is 1. The molecule has 1 aromatic carbocycles. The molecule has 1 aliphatic heterocycles. The van der Waals surface area contributed by atoms with Gasteiger partial charge in [0.15, 0.2) is 5.65 Å². The molecule has 162 valence electrons. The lowest BCUT2D eigenvalue weighted by atomic mass is 10.0. The average Bonchev–Trinajstić information content (AvgIpc) is 3.43. The van der Waals surface area contributed by atoms with Crippen LogP contribution < -0.4 is 0 Å². The third-order valence-electron chi connectivity index (χ3n) is 5.95. The molecule has 7 heteroatoms. The third kappa shape index (κ3) is 3.86. The zero-order valence-electron chi connectivity index (χ0n) is 18.1. The fourth-order valence-electron chi connectivity index (χ4n) is 4.56. The van der Waals surface area contributed by atoms with Gasteiger partial charge in [-0.15, -0.1) is 0 Å². The molecular weight excluding hydrogens is 422 g/mol. The Balaban J connectivity index is 1.48. The Morgan fingerprint density at radius 3 is 2.75 bits per heavy atom. The van der Waals surface area contributed by atoms with Crippen molar-refractivity contribution in [2.75, 3.05) is 6.54 Å². The van der Waals surface area contributed by atoms with Crippen LogP contribution in [0.5, 0.6) is 0 Å². The third-order valence-corrected chi connectivity index (χ3v) is 6.32. The summed E-state index contributed by atoms with van der Waals surface area (Å²) in [4.78, 5) is 24.8. The number of carbonyl (C=O) groups excluding carboxylic acids is 1. The standard InChI is InChI=1S/C25H24ClN5O/c1-16-12-18(14-19-6-3-4-7-20(19)26)15-21(28-16)22-8-5-11-30(22)25(32)23-13-17(2)29-24-9-10-27-31(23)24/h3-4,6-7,9-10,12-13,15,22H,5,8,11,14H2,1-2H3. The van der Waals surface area contributed by atoms with Gasteiger partial charge in [0.1, 0.15) is 5.69 Å². The molecule has 3 aromatic heterocycles. The summed E-state index contributed by atoms with van der Waals surface area (Å²) in [5, 5.41) is 5.07. The van der Waals surface area contributed by atoms with Gasteiger partial charge in [-0.25, -0.2) is 9.50 Å². The van der Waals surface area contributed by atoms with Crippen molar-refractivity contribution in [3.8, 4) is 0 Å². The Morgan fingerprint density at radius 1 is 1.09 bits per heavy atom. The molecule has 0 saturated carbocycles. The van der Waals surface area contributed by atoms with Crippen molar-refractivity contribution >= 4 is 23.2 Å². The first-order chi connectivity index (χ1) is 15.5. The summed E-state index contributed by atoms with van der Waals surface area (Å²) in [6.45, 7) is 4.59. The predicted molar refractivity (Wildman–Crippen MR) is 124 cm³/mol. The lowest BCUT2D eigenvalue weighted by molar-refractivity contribution is 0.0723. The van der Waals surface area contributed by atoms with E-state index >= 15 is 0 Å². The molecule has 32 heavy (non-hydrogen) atoms. The fraction of sp³-hybridized carbons (Fsp3) is 0.280. The average molecular weight is 446 g/mol. The van der Waals surface area contributed by atoms with Crippen LogP contribution >= 0.6 is 11.6 Å². The summed E-state index contributed by atoms with van der Waals surface area (Å²) >= 11 is 6.38. The molecule has 1 amide bonds. The first-order valence-corrected chi connectivity index (χ1v) is 11.2. The van der Waals surface area contributed by atoms with E-state index in [0.717, 1.165) is 52.5 Å². The van der Waals surface area contributed by atoms with Crippen LogP contribution in [0.1, 0.15) is 57.6 Å². The Labute approximate surface area is 191 Å². The van der Waals surface area contributed by atoms with Gasteiger partial charge in [-0.05, 0) is 68.5 Å². The SMILES string of the molecule is Cc1cc(Cc2ccccc2Cl)cc(C2CCCN2C(=O)c2cc(C)nc3ccnn23)n1. The van der Waals surface area contributed by atoms with Crippen LogP contribution in [0.4, 0.5) is 0 Å². The lowest BCUT2D eigenvalue weighted by Crippen LogP contribution is -2.32. The zero-order valence-corrected chi connectivity index (χ0v) is 18.9. The second-order valence-corrected chi connectivity index (χ2v) is 8.76. The van der Waals surface area contributed by atoms with Gasteiger partial charge >= 0.3 is 0 Å². The van der Waals surface area contributed by atoms with Gasteiger partial charge in [0.2, 0.25) is 0 Å². The summed E-state index contributed by atoms with van der Waals surface area (Å²) in [6.07, 6.45) is 4.23. The normalized spacial score (nSPS) is 16.1. The van der Waals surface area contributed by atoms with Crippen molar-refractivity contribution in [2.24, 2.45) is 0 Å². The van der Waals surface area contributed by atoms with Crippen molar-refractivity contribution in [1.29, 1.82) is 0 Å². The van der Waals surface area contributed by atoms with E-state index in [0.29, 0.717) is 17.9 Å². The Kier molecular flexibility index (Phi) is 5.39. The molecule has 1 atom stereocenters. The number of aryl methyl sites for hydroxylation is 2. The van der Waals surface area contributed by atoms with E-state index in [1.54, 1.807) is 10.7 Å². The van der Waals surface area contributed by atoms with Gasteiger partial charge in [-0.2, -0.15) is 5.10 Å². The summed E-state index contributed by atoms with van der Waals surface area (Å²) in [7, 11) is 0. The highest BCUT2D eigenvalue weighted by molar-refractivity contribution is 6.31. The molecule has 1 saturated heterocycles. The van der Waals surface area contributed by atoms with Gasteiger partial charge in [-0.1, -0.05) is 29.8 Å². The van der Waals surface area contributed by atoms with E-state index < -0.39 is 0 Å². The molecule has 0 aliphatic carbocycles. The number of halogens is 1. The van der Waals surface area contributed by atoms with Crippen LogP contribution in [0.25, 0.3) is 5.65 Å². The number of rotatable bonds is 4. The van der Waals surface area contributed by atoms with Crippen molar-refractivity contribution < 1.29 is 4.79 Å². The van der Waals surface area contributed by atoms with Crippen molar-refractivity contribution in [3.05, 3.63) is 93.7 Å². The number of benzene rings is 1. The predicted octanol–water partition coefficient (Wildman–Crippen LogP) is 4.96. The zero-order chi connectivity index (χ0) is 22.2. The van der Waals surface area contributed by atoms with Crippen molar-refractivity contribution in [2.45, 2.75) is 39.2 Å². The molecule has 1 aliphatic rings. The van der Waals surface area contributed by atoms with Gasteiger partial charge in [0.25, 0.3) is 5.91 Å². The number of hydrogen-bond donors (Lipinski definition) is 0. The molecule has 6 nitrogen and oxygen atoms in total. The summed E-state index contributed by atoms with van der Waals surface area (Å²) in [6, 6.07) is 15.7. The number of amides is 1. The number of fused-ring (bicyclic) bond motifs is 1. The maximum Gasteiger partial charge on any atom is 0.273 e. The molecule has 0 N–H and O–H groups in total. The largest absolute Gasteiger partial charge is 0.329 e. The minimum Gasteiger partial charge on any atom is -0.329 e. The van der Waals surface area contributed by atoms with Crippen LogP contribution in [0.3, 0.4) is 0 Å². The summed E-state index contributed by atoms with van der Waals surface area (Å²) < 4.78 is 1.62. The van der Waals surface area contributed by atoms with Crippen LogP contribution in [-0.4, -0.2) is 36.9 Å². The van der Waals surface area contributed by atoms with Gasteiger partial charge in [0.05, 0.1) is 17.9 Å². The highest BCUT2D eigenvalue weighted by Crippen LogP contribution is 2.33. The first kappa shape index (κ1) is 20.6. The summed E-state index contributed by atoms with van der Waals surface area (Å²) in [5.41, 5.74) is 6.12. The number of carbonyl (C=O) groups is 1. The quantitative estimate of drug-likeness (QED) is 0.445. The molecule has 4 heterocycles. The highest BCUT2D eigenvalue weighted by atomic mass is 35.5. The lowest BCUT2D eigenvalue weighted by Gasteiger charge is -2.25. The maximum absolute atomic E-state index is 13.6. The number of aromatic nitrogens is 4. The van der Waals surface area contributed by atoms with Crippen LogP contribution in [0, 0.1) is 13.8 Å². The molecule has 0 spiro atoms. The van der Waals surface area contributed by atoms with E-state index in [1.807, 2.05) is 55.1 Å². The number of nitrogens with zero attached hydrogens (tertiary/aromatic N) is 5. The molecule has 0 bridgehead atoms. The van der Waals surface area contributed by atoms with Gasteiger partial charge in [0, 0.05) is 29.0 Å². The Morgan fingerprint density at radius 2 is 1.91 bits per heavy atom. The van der Waals surface area contributed by atoms with Crippen LogP contribution in [-0.2, 0) is 6.42 Å². The molecule has 0 radical (unpaired) electrons. The highest BCUT2D eigenvalue weighted by Gasteiger charge is 2.33. The fourth-order valence-corrected chi connectivity index (χ4v) is 4.76. The Bertz CT molecular complexity index is 1310. The molecular formula is C25H24ClN5O. The molecule has 1 fully saturated rings. The van der Waals surface area contributed by atoms with Crippen molar-refractivity contribution in [1.82, 2.24) is 24.5 Å². The van der Waals surface area contributed by atoms with Crippen molar-refractivity contribution in [3.63, 3.8) is 0 Å². The minimum absolute atomic E-state index is 0.0392. The maximum atomic E-state index is 13.6. The molecule has 5 rings (SSSR count). The van der Waals surface area contributed by atoms with E-state index in [2.05, 4.69) is 22.2 Å². The second kappa shape index (κ2) is 8.36. The topological polar surface area (TPSA) is 63.4 Å².